The van der Waals surface area contributed by atoms with Gasteiger partial charge in [0.2, 0.25) is 0 Å². The van der Waals surface area contributed by atoms with Crippen LogP contribution >= 0.6 is 15.9 Å². The van der Waals surface area contributed by atoms with Crippen molar-refractivity contribution in [3.8, 4) is 6.07 Å². The van der Waals surface area contributed by atoms with Crippen molar-refractivity contribution in [3.63, 3.8) is 0 Å². The van der Waals surface area contributed by atoms with Gasteiger partial charge < -0.3 is 9.80 Å². The van der Waals surface area contributed by atoms with Crippen molar-refractivity contribution < 1.29 is 0 Å². The molecule has 0 N–H and O–H groups in total. The van der Waals surface area contributed by atoms with Gasteiger partial charge in [-0.25, -0.2) is 0 Å². The van der Waals surface area contributed by atoms with Gasteiger partial charge in [0.05, 0.1) is 18.2 Å². The fourth-order valence-electron chi connectivity index (χ4n) is 2.78. The Morgan fingerprint density at radius 3 is 2.85 bits per heavy atom. The Morgan fingerprint density at radius 2 is 2.20 bits per heavy atom. The molecule has 1 aromatic rings. The third-order valence-corrected chi connectivity index (χ3v) is 4.84. The largest absolute Gasteiger partial charge is 0.366 e. The Bertz CT molecular complexity index is 509. The van der Waals surface area contributed by atoms with Gasteiger partial charge >= 0.3 is 0 Å². The number of nitrogens with zero attached hydrogens (tertiary/aromatic N) is 3. The summed E-state index contributed by atoms with van der Waals surface area (Å²) < 4.78 is 1.14. The van der Waals surface area contributed by atoms with E-state index in [1.807, 2.05) is 0 Å². The average molecular weight is 336 g/mol. The van der Waals surface area contributed by atoms with Crippen molar-refractivity contribution in [2.24, 2.45) is 0 Å². The monoisotopic (exact) mass is 335 g/mol. The zero-order valence-corrected chi connectivity index (χ0v) is 14.0. The second-order valence-corrected chi connectivity index (χ2v) is 6.60. The van der Waals surface area contributed by atoms with Crippen LogP contribution < -0.4 is 4.90 Å². The summed E-state index contributed by atoms with van der Waals surface area (Å²) in [6.07, 6.45) is 1.71. The first kappa shape index (κ1) is 15.3. The molecule has 0 saturated carbocycles. The predicted octanol–water partition coefficient (Wildman–Crippen LogP) is 3.57. The summed E-state index contributed by atoms with van der Waals surface area (Å²) in [5.74, 6) is 0. The molecule has 0 aromatic heterocycles. The maximum Gasteiger partial charge on any atom is 0.0638 e. The van der Waals surface area contributed by atoms with E-state index in [1.165, 1.54) is 11.3 Å². The first-order valence-corrected chi connectivity index (χ1v) is 7.92. The van der Waals surface area contributed by atoms with E-state index in [4.69, 9.17) is 5.26 Å². The number of halogens is 1. The van der Waals surface area contributed by atoms with Gasteiger partial charge in [0, 0.05) is 29.6 Å². The fraction of sp³-hybridized carbons (Fsp3) is 0.562. The highest BCUT2D eigenvalue weighted by atomic mass is 79.9. The molecule has 0 bridgehead atoms. The molecule has 108 valence electrons. The van der Waals surface area contributed by atoms with Gasteiger partial charge in [-0.1, -0.05) is 6.07 Å². The molecule has 2 unspecified atom stereocenters. The summed E-state index contributed by atoms with van der Waals surface area (Å²) in [5.41, 5.74) is 2.50. The number of likely N-dealkylation sites (N-methyl/N-ethyl adjacent to an activating group) is 1. The molecular weight excluding hydrogens is 314 g/mol. The van der Waals surface area contributed by atoms with Crippen LogP contribution in [-0.2, 0) is 0 Å². The Balaban J connectivity index is 2.30. The van der Waals surface area contributed by atoms with Crippen LogP contribution in [0.5, 0.6) is 0 Å². The summed E-state index contributed by atoms with van der Waals surface area (Å²) >= 11 is 3.69. The van der Waals surface area contributed by atoms with Gasteiger partial charge in [-0.05, 0) is 60.9 Å². The van der Waals surface area contributed by atoms with E-state index < -0.39 is 0 Å². The zero-order chi connectivity index (χ0) is 14.7. The van der Waals surface area contributed by atoms with E-state index in [0.29, 0.717) is 18.5 Å². The van der Waals surface area contributed by atoms with Crippen LogP contribution in [0.25, 0.3) is 0 Å². The van der Waals surface area contributed by atoms with Crippen LogP contribution in [0.3, 0.4) is 0 Å². The van der Waals surface area contributed by atoms with E-state index >= 15 is 0 Å². The molecule has 1 aliphatic rings. The zero-order valence-electron chi connectivity index (χ0n) is 12.4. The molecule has 2 atom stereocenters. The normalized spacial score (nSPS) is 24.2. The van der Waals surface area contributed by atoms with Crippen LogP contribution in [0.2, 0.25) is 0 Å². The Kier molecular flexibility index (Phi) is 5.06. The van der Waals surface area contributed by atoms with Crippen LogP contribution in [-0.4, -0.2) is 37.1 Å². The SMILES string of the molecule is Cc1ccc(N2CC(CC#N)N(C)CCC2C)c(Br)c1. The average Bonchev–Trinajstić information content (AvgIpc) is 2.53. The lowest BCUT2D eigenvalue weighted by atomic mass is 10.1. The minimum atomic E-state index is 0.304. The topological polar surface area (TPSA) is 30.3 Å². The molecule has 1 aliphatic heterocycles. The summed E-state index contributed by atoms with van der Waals surface area (Å²) in [5, 5.41) is 9.04. The maximum absolute atomic E-state index is 9.04. The van der Waals surface area contributed by atoms with Gasteiger partial charge in [0.1, 0.15) is 0 Å². The van der Waals surface area contributed by atoms with Gasteiger partial charge in [0.25, 0.3) is 0 Å². The second kappa shape index (κ2) is 6.60. The van der Waals surface area contributed by atoms with Crippen LogP contribution in [0.1, 0.15) is 25.3 Å². The molecule has 20 heavy (non-hydrogen) atoms. The van der Waals surface area contributed by atoms with Crippen molar-refractivity contribution in [2.45, 2.75) is 38.8 Å². The quantitative estimate of drug-likeness (QED) is 0.827. The van der Waals surface area contributed by atoms with Gasteiger partial charge in [0.15, 0.2) is 0 Å². The Hall–Kier alpha value is -1.05. The minimum Gasteiger partial charge on any atom is -0.366 e. The number of benzene rings is 1. The van der Waals surface area contributed by atoms with E-state index in [-0.39, 0.29) is 0 Å². The number of nitriles is 1. The minimum absolute atomic E-state index is 0.304. The number of rotatable bonds is 2. The number of anilines is 1. The number of hydrogen-bond donors (Lipinski definition) is 0. The lowest BCUT2D eigenvalue weighted by Crippen LogP contribution is -2.40. The van der Waals surface area contributed by atoms with Crippen molar-refractivity contribution in [1.82, 2.24) is 4.90 Å². The molecule has 0 amide bonds. The van der Waals surface area contributed by atoms with Crippen LogP contribution in [0.4, 0.5) is 5.69 Å². The fourth-order valence-corrected chi connectivity index (χ4v) is 3.50. The van der Waals surface area contributed by atoms with Crippen LogP contribution in [0, 0.1) is 18.3 Å². The molecule has 1 fully saturated rings. The standard InChI is InChI=1S/C16H22BrN3/c1-12-4-5-16(15(17)10-12)20-11-14(6-8-18)19(3)9-7-13(20)2/h4-5,10,13-14H,6-7,9,11H2,1-3H3. The number of hydrogen-bond acceptors (Lipinski definition) is 3. The molecule has 3 nitrogen and oxygen atoms in total. The van der Waals surface area contributed by atoms with Crippen molar-refractivity contribution in [2.75, 3.05) is 25.0 Å². The van der Waals surface area contributed by atoms with E-state index in [0.717, 1.165) is 24.0 Å². The summed E-state index contributed by atoms with van der Waals surface area (Å²) in [4.78, 5) is 4.76. The highest BCUT2D eigenvalue weighted by Gasteiger charge is 2.27. The molecule has 1 heterocycles. The molecular formula is C16H22BrN3. The summed E-state index contributed by atoms with van der Waals surface area (Å²) in [6.45, 7) is 6.34. The second-order valence-electron chi connectivity index (χ2n) is 5.74. The predicted molar refractivity (Wildman–Crippen MR) is 87.0 cm³/mol. The van der Waals surface area contributed by atoms with E-state index in [1.54, 1.807) is 0 Å². The van der Waals surface area contributed by atoms with Crippen molar-refractivity contribution in [3.05, 3.63) is 28.2 Å². The van der Waals surface area contributed by atoms with E-state index in [9.17, 15) is 0 Å². The van der Waals surface area contributed by atoms with Gasteiger partial charge in [-0.3, -0.25) is 0 Å². The van der Waals surface area contributed by atoms with Crippen LogP contribution in [0.15, 0.2) is 22.7 Å². The molecule has 0 radical (unpaired) electrons. The smallest absolute Gasteiger partial charge is 0.0638 e. The highest BCUT2D eigenvalue weighted by Crippen LogP contribution is 2.31. The summed E-state index contributed by atoms with van der Waals surface area (Å²) in [7, 11) is 2.13. The number of aryl methyl sites for hydroxylation is 1. The maximum atomic E-state index is 9.04. The molecule has 0 spiro atoms. The van der Waals surface area contributed by atoms with E-state index in [2.05, 4.69) is 70.9 Å². The van der Waals surface area contributed by atoms with Gasteiger partial charge in [-0.2, -0.15) is 5.26 Å². The molecule has 1 saturated heterocycles. The lowest BCUT2D eigenvalue weighted by molar-refractivity contribution is 0.263. The molecule has 0 aliphatic carbocycles. The first-order valence-electron chi connectivity index (χ1n) is 7.13. The third-order valence-electron chi connectivity index (χ3n) is 4.20. The molecule has 1 aromatic carbocycles. The van der Waals surface area contributed by atoms with Crippen molar-refractivity contribution >= 4 is 21.6 Å². The third kappa shape index (κ3) is 3.34. The van der Waals surface area contributed by atoms with Gasteiger partial charge in [-0.15, -0.1) is 0 Å². The Labute approximate surface area is 130 Å². The highest BCUT2D eigenvalue weighted by molar-refractivity contribution is 9.10. The summed E-state index contributed by atoms with van der Waals surface area (Å²) in [6, 6.07) is 9.62. The molecule has 4 heteroatoms. The first-order chi connectivity index (χ1) is 9.52. The molecule has 2 rings (SSSR count). The van der Waals surface area contributed by atoms with Crippen molar-refractivity contribution in [1.29, 1.82) is 5.26 Å². The lowest BCUT2D eigenvalue weighted by Gasteiger charge is -2.33. The Morgan fingerprint density at radius 1 is 1.45 bits per heavy atom.